The van der Waals surface area contributed by atoms with Crippen molar-refractivity contribution in [3.05, 3.63) is 87.9 Å². The molecule has 0 saturated carbocycles. The van der Waals surface area contributed by atoms with E-state index in [0.717, 1.165) is 22.6 Å². The first-order valence-electron chi connectivity index (χ1n) is 9.87. The van der Waals surface area contributed by atoms with Crippen molar-refractivity contribution in [1.29, 1.82) is 0 Å². The van der Waals surface area contributed by atoms with Gasteiger partial charge in [0.25, 0.3) is 5.91 Å². The van der Waals surface area contributed by atoms with Crippen molar-refractivity contribution in [3.63, 3.8) is 0 Å². The zero-order chi connectivity index (χ0) is 22.5. The molecule has 1 aliphatic rings. The van der Waals surface area contributed by atoms with Crippen LogP contribution in [-0.4, -0.2) is 29.3 Å². The van der Waals surface area contributed by atoms with Gasteiger partial charge in [0.15, 0.2) is 11.6 Å². The van der Waals surface area contributed by atoms with Gasteiger partial charge in [0.2, 0.25) is 0 Å². The molecule has 7 nitrogen and oxygen atoms in total. The van der Waals surface area contributed by atoms with Crippen LogP contribution in [0.2, 0.25) is 0 Å². The molecule has 0 aliphatic carbocycles. The molecule has 0 unspecified atom stereocenters. The van der Waals surface area contributed by atoms with E-state index in [2.05, 4.69) is 36.1 Å². The second kappa shape index (κ2) is 9.76. The van der Waals surface area contributed by atoms with Crippen molar-refractivity contribution in [1.82, 2.24) is 5.32 Å². The topological polar surface area (TPSA) is 92.5 Å². The zero-order valence-electron chi connectivity index (χ0n) is 17.2. The lowest BCUT2D eigenvalue weighted by Crippen LogP contribution is -2.31. The molecule has 0 aromatic heterocycles. The summed E-state index contributed by atoms with van der Waals surface area (Å²) in [7, 11) is 0. The van der Waals surface area contributed by atoms with E-state index in [9.17, 15) is 4.79 Å². The Hall–Kier alpha value is -3.49. The molecule has 4 rings (SSSR count). The van der Waals surface area contributed by atoms with Crippen molar-refractivity contribution >= 4 is 33.4 Å². The Morgan fingerprint density at radius 2 is 1.81 bits per heavy atom. The van der Waals surface area contributed by atoms with Gasteiger partial charge in [0.1, 0.15) is 17.2 Å². The van der Waals surface area contributed by atoms with Crippen LogP contribution in [0.5, 0.6) is 17.2 Å². The number of benzene rings is 3. The SMILES string of the molecule is Cc1cc(C2=NCC(C(=O)NCc3ccc(Oc4ccccc4)cc3)=N2)cc(Br)c1OO. The number of nitrogens with one attached hydrogen (secondary N) is 1. The highest BCUT2D eigenvalue weighted by Crippen LogP contribution is 2.30. The molecule has 0 bridgehead atoms. The summed E-state index contributed by atoms with van der Waals surface area (Å²) in [5.41, 5.74) is 2.73. The summed E-state index contributed by atoms with van der Waals surface area (Å²) in [6, 6.07) is 20.6. The molecule has 0 spiro atoms. The average Bonchev–Trinajstić information content (AvgIpc) is 3.29. The second-order valence-electron chi connectivity index (χ2n) is 7.14. The summed E-state index contributed by atoms with van der Waals surface area (Å²) < 4.78 is 6.35. The zero-order valence-corrected chi connectivity index (χ0v) is 18.8. The van der Waals surface area contributed by atoms with Crippen molar-refractivity contribution in [2.45, 2.75) is 13.5 Å². The number of halogens is 1. The van der Waals surface area contributed by atoms with Gasteiger partial charge in [-0.05, 0) is 70.4 Å². The average molecular weight is 494 g/mol. The normalized spacial score (nSPS) is 12.7. The van der Waals surface area contributed by atoms with Gasteiger partial charge in [-0.1, -0.05) is 30.3 Å². The van der Waals surface area contributed by atoms with Crippen molar-refractivity contribution < 1.29 is 19.7 Å². The highest BCUT2D eigenvalue weighted by molar-refractivity contribution is 9.10. The van der Waals surface area contributed by atoms with Crippen molar-refractivity contribution in [2.24, 2.45) is 9.98 Å². The summed E-state index contributed by atoms with van der Waals surface area (Å²) in [6.45, 7) is 2.37. The van der Waals surface area contributed by atoms with Gasteiger partial charge in [-0.15, -0.1) is 0 Å². The predicted molar refractivity (Wildman–Crippen MR) is 126 cm³/mol. The second-order valence-corrected chi connectivity index (χ2v) is 7.99. The monoisotopic (exact) mass is 493 g/mol. The van der Waals surface area contributed by atoms with Gasteiger partial charge in [0, 0.05) is 12.1 Å². The van der Waals surface area contributed by atoms with Gasteiger partial charge < -0.3 is 14.9 Å². The van der Waals surface area contributed by atoms with E-state index in [1.165, 1.54) is 0 Å². The molecule has 3 aromatic carbocycles. The van der Waals surface area contributed by atoms with Gasteiger partial charge in [0.05, 0.1) is 11.0 Å². The summed E-state index contributed by atoms with van der Waals surface area (Å²) in [6.07, 6.45) is 0. The Balaban J connectivity index is 1.35. The summed E-state index contributed by atoms with van der Waals surface area (Å²) >= 11 is 3.35. The molecule has 1 amide bonds. The van der Waals surface area contributed by atoms with Gasteiger partial charge in [-0.3, -0.25) is 9.79 Å². The van der Waals surface area contributed by atoms with Crippen LogP contribution >= 0.6 is 15.9 Å². The van der Waals surface area contributed by atoms with Crippen LogP contribution in [0.15, 0.2) is 81.2 Å². The van der Waals surface area contributed by atoms with Crippen molar-refractivity contribution in [3.8, 4) is 17.2 Å². The minimum Gasteiger partial charge on any atom is -0.457 e. The van der Waals surface area contributed by atoms with E-state index < -0.39 is 0 Å². The number of amides is 1. The molecule has 0 fully saturated rings. The summed E-state index contributed by atoms with van der Waals surface area (Å²) in [5, 5.41) is 11.8. The maximum absolute atomic E-state index is 12.5. The third kappa shape index (κ3) is 5.04. The van der Waals surface area contributed by atoms with Crippen LogP contribution in [0.1, 0.15) is 16.7 Å². The number of hydrogen-bond donors (Lipinski definition) is 2. The number of ether oxygens (including phenoxy) is 1. The number of amidine groups is 1. The Morgan fingerprint density at radius 1 is 1.09 bits per heavy atom. The van der Waals surface area contributed by atoms with E-state index in [0.29, 0.717) is 33.9 Å². The van der Waals surface area contributed by atoms with Crippen molar-refractivity contribution in [2.75, 3.05) is 6.54 Å². The lowest BCUT2D eigenvalue weighted by Gasteiger charge is -2.08. The molecular weight excluding hydrogens is 474 g/mol. The third-order valence-electron chi connectivity index (χ3n) is 4.82. The van der Waals surface area contributed by atoms with E-state index in [1.54, 1.807) is 19.1 Å². The third-order valence-corrected chi connectivity index (χ3v) is 5.40. The fourth-order valence-corrected chi connectivity index (χ4v) is 3.82. The Bertz CT molecular complexity index is 1170. The molecule has 162 valence electrons. The number of aliphatic imine (C=N–C) groups is 2. The molecule has 0 atom stereocenters. The maximum Gasteiger partial charge on any atom is 0.267 e. The largest absolute Gasteiger partial charge is 0.457 e. The molecule has 0 radical (unpaired) electrons. The van der Waals surface area contributed by atoms with Crippen LogP contribution in [-0.2, 0) is 11.3 Å². The Labute approximate surface area is 193 Å². The van der Waals surface area contributed by atoms with Gasteiger partial charge in [-0.2, -0.15) is 0 Å². The smallest absolute Gasteiger partial charge is 0.267 e. The molecule has 3 aromatic rings. The first-order chi connectivity index (χ1) is 15.5. The van der Waals surface area contributed by atoms with Crippen LogP contribution in [0.4, 0.5) is 0 Å². The van der Waals surface area contributed by atoms with Gasteiger partial charge >= 0.3 is 0 Å². The number of carbonyl (C=O) groups excluding carboxylic acids is 1. The maximum atomic E-state index is 12.5. The molecule has 1 heterocycles. The standard InChI is InChI=1S/C24H20BrN3O4/c1-15-11-17(12-20(25)22(15)32-30)23-26-14-21(28-23)24(29)27-13-16-7-9-19(10-8-16)31-18-5-3-2-4-6-18/h2-12,30H,13-14H2,1H3,(H,27,29). The quantitative estimate of drug-likeness (QED) is 0.360. The molecule has 2 N–H and O–H groups in total. The highest BCUT2D eigenvalue weighted by Gasteiger charge is 2.20. The minimum atomic E-state index is -0.264. The first kappa shape index (κ1) is 21.7. The Kier molecular flexibility index (Phi) is 6.63. The number of nitrogens with zero attached hydrogens (tertiary/aromatic N) is 2. The molecule has 8 heteroatoms. The van der Waals surface area contributed by atoms with E-state index in [-0.39, 0.29) is 12.5 Å². The van der Waals surface area contributed by atoms with E-state index in [1.807, 2.05) is 54.6 Å². The van der Waals surface area contributed by atoms with Gasteiger partial charge in [-0.25, -0.2) is 10.2 Å². The molecule has 1 aliphatic heterocycles. The Morgan fingerprint density at radius 3 is 2.50 bits per heavy atom. The van der Waals surface area contributed by atoms with E-state index in [4.69, 9.17) is 9.99 Å². The number of para-hydroxylation sites is 1. The summed E-state index contributed by atoms with van der Waals surface area (Å²) in [4.78, 5) is 25.6. The lowest BCUT2D eigenvalue weighted by atomic mass is 10.1. The predicted octanol–water partition coefficient (Wildman–Crippen LogP) is 4.92. The molecule has 0 saturated heterocycles. The number of aryl methyl sites for hydroxylation is 1. The van der Waals surface area contributed by atoms with E-state index >= 15 is 0 Å². The summed E-state index contributed by atoms with van der Waals surface area (Å²) in [5.74, 6) is 2.02. The fourth-order valence-electron chi connectivity index (χ4n) is 3.19. The number of rotatable bonds is 7. The fraction of sp³-hybridized carbons (Fsp3) is 0.125. The highest BCUT2D eigenvalue weighted by atomic mass is 79.9. The van der Waals surface area contributed by atoms with Crippen LogP contribution < -0.4 is 14.9 Å². The van der Waals surface area contributed by atoms with Crippen LogP contribution in [0.25, 0.3) is 0 Å². The first-order valence-corrected chi connectivity index (χ1v) is 10.7. The number of carbonyl (C=O) groups is 1. The minimum absolute atomic E-state index is 0.208. The van der Waals surface area contributed by atoms with Crippen LogP contribution in [0, 0.1) is 6.92 Å². The molecular formula is C24H20BrN3O4. The number of hydrogen-bond acceptors (Lipinski definition) is 6. The molecule has 32 heavy (non-hydrogen) atoms. The van der Waals surface area contributed by atoms with Crippen LogP contribution in [0.3, 0.4) is 0 Å². The lowest BCUT2D eigenvalue weighted by molar-refractivity contribution is -0.138.